The first-order valence-electron chi connectivity index (χ1n) is 8.00. The molecule has 1 aliphatic heterocycles. The molecule has 1 unspecified atom stereocenters. The van der Waals surface area contributed by atoms with Gasteiger partial charge >= 0.3 is 0 Å². The highest BCUT2D eigenvalue weighted by molar-refractivity contribution is 5.33. The lowest BCUT2D eigenvalue weighted by Crippen LogP contribution is -2.50. The highest BCUT2D eigenvalue weighted by atomic mass is 16.5. The van der Waals surface area contributed by atoms with E-state index < -0.39 is 0 Å². The van der Waals surface area contributed by atoms with Gasteiger partial charge in [0.1, 0.15) is 12.4 Å². The van der Waals surface area contributed by atoms with Crippen LogP contribution in [-0.4, -0.2) is 60.3 Å². The molecule has 0 radical (unpaired) electrons. The van der Waals surface area contributed by atoms with Crippen molar-refractivity contribution in [3.05, 3.63) is 29.8 Å². The van der Waals surface area contributed by atoms with Crippen molar-refractivity contribution in [1.29, 1.82) is 0 Å². The first kappa shape index (κ1) is 16.8. The van der Waals surface area contributed by atoms with Gasteiger partial charge in [0.25, 0.3) is 0 Å². The molecule has 22 heavy (non-hydrogen) atoms. The number of aliphatic hydroxyl groups excluding tert-OH is 1. The topological polar surface area (TPSA) is 35.9 Å². The quantitative estimate of drug-likeness (QED) is 0.776. The zero-order valence-corrected chi connectivity index (χ0v) is 13.4. The Labute approximate surface area is 133 Å². The van der Waals surface area contributed by atoms with E-state index in [4.69, 9.17) is 11.2 Å². The van der Waals surface area contributed by atoms with E-state index in [2.05, 4.69) is 28.7 Å². The molecule has 1 aromatic rings. The summed E-state index contributed by atoms with van der Waals surface area (Å²) in [4.78, 5) is 4.82. The molecule has 1 fully saturated rings. The van der Waals surface area contributed by atoms with Crippen LogP contribution < -0.4 is 4.74 Å². The average molecular weight is 302 g/mol. The van der Waals surface area contributed by atoms with Crippen molar-refractivity contribution in [2.75, 3.05) is 39.4 Å². The van der Waals surface area contributed by atoms with Crippen LogP contribution in [0.1, 0.15) is 18.9 Å². The van der Waals surface area contributed by atoms with Crippen molar-refractivity contribution >= 4 is 0 Å². The summed E-state index contributed by atoms with van der Waals surface area (Å²) in [7, 11) is 0. The number of piperazine rings is 1. The van der Waals surface area contributed by atoms with Gasteiger partial charge in [-0.1, -0.05) is 31.0 Å². The molecule has 1 aromatic carbocycles. The van der Waals surface area contributed by atoms with Gasteiger partial charge in [0.2, 0.25) is 0 Å². The predicted molar refractivity (Wildman–Crippen MR) is 88.8 cm³/mol. The summed E-state index contributed by atoms with van der Waals surface area (Å²) in [6, 6.07) is 8.38. The van der Waals surface area contributed by atoms with Crippen LogP contribution in [-0.2, 0) is 6.54 Å². The Morgan fingerprint density at radius 2 is 2.00 bits per heavy atom. The summed E-state index contributed by atoms with van der Waals surface area (Å²) in [6.07, 6.45) is 6.27. The second-order valence-corrected chi connectivity index (χ2v) is 5.66. The Balaban J connectivity index is 1.90. The number of aliphatic hydroxyl groups is 1. The highest BCUT2D eigenvalue weighted by Gasteiger charge is 2.22. The fraction of sp³-hybridized carbons (Fsp3) is 0.556. The number of nitrogens with zero attached hydrogens (tertiary/aromatic N) is 2. The predicted octanol–water partition coefficient (Wildman–Crippen LogP) is 1.59. The van der Waals surface area contributed by atoms with Gasteiger partial charge in [0.15, 0.2) is 0 Å². The van der Waals surface area contributed by atoms with Crippen molar-refractivity contribution in [3.63, 3.8) is 0 Å². The van der Waals surface area contributed by atoms with E-state index in [9.17, 15) is 5.11 Å². The molecule has 1 N–H and O–H groups in total. The smallest absolute Gasteiger partial charge is 0.148 e. The lowest BCUT2D eigenvalue weighted by Gasteiger charge is -2.38. The van der Waals surface area contributed by atoms with Crippen LogP contribution in [0.3, 0.4) is 0 Å². The van der Waals surface area contributed by atoms with E-state index in [-0.39, 0.29) is 6.61 Å². The fourth-order valence-electron chi connectivity index (χ4n) is 2.92. The van der Waals surface area contributed by atoms with Crippen LogP contribution in [0.2, 0.25) is 0 Å². The van der Waals surface area contributed by atoms with Gasteiger partial charge in [-0.15, -0.1) is 6.42 Å². The lowest BCUT2D eigenvalue weighted by atomic mass is 10.1. The molecule has 4 nitrogen and oxygen atoms in total. The third-order valence-corrected chi connectivity index (χ3v) is 4.28. The molecule has 2 rings (SSSR count). The fourth-order valence-corrected chi connectivity index (χ4v) is 2.92. The SMILES string of the molecule is C#CCOc1ccccc1CN1CCN(C(CC)CO)CC1. The lowest BCUT2D eigenvalue weighted by molar-refractivity contribution is 0.0605. The first-order chi connectivity index (χ1) is 10.8. The van der Waals surface area contributed by atoms with Crippen LogP contribution in [0.4, 0.5) is 0 Å². The van der Waals surface area contributed by atoms with Gasteiger partial charge in [-0.3, -0.25) is 9.80 Å². The van der Waals surface area contributed by atoms with Gasteiger partial charge in [-0.2, -0.15) is 0 Å². The molecule has 120 valence electrons. The molecule has 0 amide bonds. The minimum Gasteiger partial charge on any atom is -0.481 e. The number of benzene rings is 1. The van der Waals surface area contributed by atoms with E-state index in [0.29, 0.717) is 12.6 Å². The Morgan fingerprint density at radius 3 is 2.64 bits per heavy atom. The molecule has 1 atom stereocenters. The second kappa shape index (κ2) is 8.79. The van der Waals surface area contributed by atoms with Gasteiger partial charge in [0.05, 0.1) is 6.61 Å². The number of hydrogen-bond donors (Lipinski definition) is 1. The van der Waals surface area contributed by atoms with Crippen molar-refractivity contribution in [3.8, 4) is 18.1 Å². The molecule has 0 spiro atoms. The second-order valence-electron chi connectivity index (χ2n) is 5.66. The van der Waals surface area contributed by atoms with Crippen molar-refractivity contribution < 1.29 is 9.84 Å². The van der Waals surface area contributed by atoms with E-state index in [1.54, 1.807) is 0 Å². The number of para-hydroxylation sites is 1. The summed E-state index contributed by atoms with van der Waals surface area (Å²) in [5.74, 6) is 3.39. The first-order valence-corrected chi connectivity index (χ1v) is 8.00. The standard InChI is InChI=1S/C18H26N2O2/c1-3-13-22-18-8-6-5-7-16(18)14-19-9-11-20(12-10-19)17(4-2)15-21/h1,5-8,17,21H,4,9-15H2,2H3. The number of hydrogen-bond acceptors (Lipinski definition) is 4. The minimum absolute atomic E-state index is 0.249. The van der Waals surface area contributed by atoms with Crippen LogP contribution in [0.15, 0.2) is 24.3 Å². The third-order valence-electron chi connectivity index (χ3n) is 4.28. The third kappa shape index (κ3) is 4.48. The largest absolute Gasteiger partial charge is 0.481 e. The molecule has 1 saturated heterocycles. The van der Waals surface area contributed by atoms with Crippen molar-refractivity contribution in [1.82, 2.24) is 9.80 Å². The summed E-state index contributed by atoms with van der Waals surface area (Å²) in [6.45, 7) is 7.61. The zero-order chi connectivity index (χ0) is 15.8. The maximum absolute atomic E-state index is 9.41. The van der Waals surface area contributed by atoms with Crippen LogP contribution >= 0.6 is 0 Å². The molecule has 0 aromatic heterocycles. The maximum Gasteiger partial charge on any atom is 0.148 e. The minimum atomic E-state index is 0.249. The molecule has 0 aliphatic carbocycles. The zero-order valence-electron chi connectivity index (χ0n) is 13.4. The van der Waals surface area contributed by atoms with E-state index in [0.717, 1.165) is 44.9 Å². The molecule has 0 saturated carbocycles. The molecule has 0 bridgehead atoms. The summed E-state index contributed by atoms with van der Waals surface area (Å²) in [5.41, 5.74) is 1.18. The summed E-state index contributed by atoms with van der Waals surface area (Å²) < 4.78 is 5.62. The average Bonchev–Trinajstić information content (AvgIpc) is 2.57. The Morgan fingerprint density at radius 1 is 1.27 bits per heavy atom. The van der Waals surface area contributed by atoms with Crippen LogP contribution in [0, 0.1) is 12.3 Å². The van der Waals surface area contributed by atoms with Crippen LogP contribution in [0.5, 0.6) is 5.75 Å². The summed E-state index contributed by atoms with van der Waals surface area (Å²) >= 11 is 0. The van der Waals surface area contributed by atoms with E-state index in [1.807, 2.05) is 18.2 Å². The van der Waals surface area contributed by atoms with Gasteiger partial charge in [-0.25, -0.2) is 0 Å². The monoisotopic (exact) mass is 302 g/mol. The molecule has 1 heterocycles. The highest BCUT2D eigenvalue weighted by Crippen LogP contribution is 2.21. The molecule has 1 aliphatic rings. The van der Waals surface area contributed by atoms with E-state index >= 15 is 0 Å². The van der Waals surface area contributed by atoms with Crippen molar-refractivity contribution in [2.24, 2.45) is 0 Å². The van der Waals surface area contributed by atoms with Gasteiger partial charge < -0.3 is 9.84 Å². The van der Waals surface area contributed by atoms with Crippen molar-refractivity contribution in [2.45, 2.75) is 25.9 Å². The maximum atomic E-state index is 9.41. The Kier molecular flexibility index (Phi) is 6.73. The normalized spacial score (nSPS) is 17.9. The van der Waals surface area contributed by atoms with Gasteiger partial charge in [0, 0.05) is 44.3 Å². The summed E-state index contributed by atoms with van der Waals surface area (Å²) in [5, 5.41) is 9.41. The number of terminal acetylenes is 1. The molecular weight excluding hydrogens is 276 g/mol. The number of rotatable bonds is 7. The molecule has 4 heteroatoms. The Hall–Kier alpha value is -1.54. The van der Waals surface area contributed by atoms with Crippen LogP contribution in [0.25, 0.3) is 0 Å². The van der Waals surface area contributed by atoms with Gasteiger partial charge in [-0.05, 0) is 12.5 Å². The Bertz CT molecular complexity index is 486. The molecular formula is C18H26N2O2. The van der Waals surface area contributed by atoms with E-state index in [1.165, 1.54) is 5.56 Å². The number of ether oxygens (including phenoxy) is 1.